The summed E-state index contributed by atoms with van der Waals surface area (Å²) in [4.78, 5) is 0. The van der Waals surface area contributed by atoms with Crippen LogP contribution in [-0.2, 0) is 10.8 Å². The van der Waals surface area contributed by atoms with Crippen LogP contribution >= 0.6 is 0 Å². The molecular formula is C74H52N2. The Morgan fingerprint density at radius 1 is 0.250 bits per heavy atom. The molecule has 358 valence electrons. The van der Waals surface area contributed by atoms with Crippen molar-refractivity contribution in [3.8, 4) is 22.3 Å². The lowest BCUT2D eigenvalue weighted by Crippen LogP contribution is -2.15. The van der Waals surface area contributed by atoms with Gasteiger partial charge in [0, 0.05) is 65.8 Å². The zero-order valence-electron chi connectivity index (χ0n) is 43.0. The minimum absolute atomic E-state index is 0.0352. The Labute approximate surface area is 441 Å². The summed E-state index contributed by atoms with van der Waals surface area (Å²) in [6, 6.07) is 88.3. The Morgan fingerprint density at radius 2 is 0.592 bits per heavy atom. The second-order valence-corrected chi connectivity index (χ2v) is 23.2. The number of benzene rings is 11. The average molecular weight is 969 g/mol. The number of hydrogen-bond acceptors (Lipinski definition) is 0. The highest BCUT2D eigenvalue weighted by atomic mass is 14.9. The third kappa shape index (κ3) is 5.46. The predicted molar refractivity (Wildman–Crippen MR) is 319 cm³/mol. The lowest BCUT2D eigenvalue weighted by molar-refractivity contribution is 0.660. The molecule has 0 radical (unpaired) electrons. The van der Waals surface area contributed by atoms with Gasteiger partial charge in [-0.15, -0.1) is 0 Å². The predicted octanol–water partition coefficient (Wildman–Crippen LogP) is 19.0. The van der Waals surface area contributed by atoms with Crippen LogP contribution in [0, 0.1) is 0 Å². The van der Waals surface area contributed by atoms with Crippen LogP contribution in [0.1, 0.15) is 95.2 Å². The van der Waals surface area contributed by atoms with Crippen LogP contribution in [0.25, 0.3) is 98.4 Å². The van der Waals surface area contributed by atoms with Crippen LogP contribution in [-0.4, -0.2) is 8.80 Å². The second-order valence-electron chi connectivity index (χ2n) is 23.2. The summed E-state index contributed by atoms with van der Waals surface area (Å²) in [7, 11) is 0. The van der Waals surface area contributed by atoms with Crippen molar-refractivity contribution >= 4 is 76.2 Å². The zero-order chi connectivity index (χ0) is 50.3. The highest BCUT2D eigenvalue weighted by molar-refractivity contribution is 6.29. The lowest BCUT2D eigenvalue weighted by atomic mass is 9.80. The molecular weight excluding hydrogens is 917 g/mol. The van der Waals surface area contributed by atoms with Gasteiger partial charge in [0.2, 0.25) is 0 Å². The summed E-state index contributed by atoms with van der Waals surface area (Å²) in [5, 5.41) is 10.4. The number of rotatable bonds is 6. The first-order chi connectivity index (χ1) is 37.2. The molecule has 0 spiro atoms. The maximum absolute atomic E-state index is 2.56. The van der Waals surface area contributed by atoms with Crippen molar-refractivity contribution in [1.29, 1.82) is 0 Å². The van der Waals surface area contributed by atoms with Gasteiger partial charge < -0.3 is 8.80 Å². The molecule has 4 aromatic heterocycles. The van der Waals surface area contributed by atoms with Gasteiger partial charge in [-0.1, -0.05) is 210 Å². The minimum Gasteiger partial charge on any atom is -0.308 e. The summed E-state index contributed by atoms with van der Waals surface area (Å²) >= 11 is 0. The van der Waals surface area contributed by atoms with Gasteiger partial charge >= 0.3 is 0 Å². The fourth-order valence-electron chi connectivity index (χ4n) is 15.1. The first-order valence-corrected chi connectivity index (χ1v) is 27.1. The molecule has 0 fully saturated rings. The fourth-order valence-corrected chi connectivity index (χ4v) is 15.1. The van der Waals surface area contributed by atoms with Crippen molar-refractivity contribution in [2.45, 2.75) is 50.4 Å². The van der Waals surface area contributed by atoms with Gasteiger partial charge in [0.25, 0.3) is 0 Å². The van der Waals surface area contributed by atoms with E-state index in [-0.39, 0.29) is 22.7 Å². The van der Waals surface area contributed by atoms with E-state index in [0.717, 1.165) is 0 Å². The van der Waals surface area contributed by atoms with Crippen LogP contribution in [0.15, 0.2) is 231 Å². The molecule has 2 atom stereocenters. The molecule has 0 N–H and O–H groups in total. The summed E-state index contributed by atoms with van der Waals surface area (Å²) in [6.45, 7) is 9.47. The smallest absolute Gasteiger partial charge is 0.0620 e. The first kappa shape index (κ1) is 42.4. The van der Waals surface area contributed by atoms with Crippen LogP contribution in [0.4, 0.5) is 0 Å². The quantitative estimate of drug-likeness (QED) is 0.147. The molecule has 4 heterocycles. The molecule has 2 nitrogen and oxygen atoms in total. The molecule has 2 heteroatoms. The highest BCUT2D eigenvalue weighted by Crippen LogP contribution is 2.53. The van der Waals surface area contributed by atoms with Crippen LogP contribution in [0.5, 0.6) is 0 Å². The van der Waals surface area contributed by atoms with Crippen LogP contribution in [0.2, 0.25) is 0 Å². The van der Waals surface area contributed by atoms with E-state index in [1.807, 2.05) is 0 Å². The molecule has 2 aliphatic carbocycles. The molecule has 0 bridgehead atoms. The monoisotopic (exact) mass is 968 g/mol. The molecule has 2 aliphatic rings. The summed E-state index contributed by atoms with van der Waals surface area (Å²) in [5.41, 5.74) is 26.5. The average Bonchev–Trinajstić information content (AvgIpc) is 4.45. The van der Waals surface area contributed by atoms with E-state index in [9.17, 15) is 0 Å². The van der Waals surface area contributed by atoms with E-state index < -0.39 is 0 Å². The van der Waals surface area contributed by atoms with Crippen molar-refractivity contribution in [3.05, 3.63) is 286 Å². The Bertz CT molecular complexity index is 4620. The molecule has 0 amide bonds. The van der Waals surface area contributed by atoms with Crippen molar-refractivity contribution in [2.75, 3.05) is 0 Å². The van der Waals surface area contributed by atoms with Gasteiger partial charge in [-0.25, -0.2) is 0 Å². The Morgan fingerprint density at radius 3 is 1.01 bits per heavy atom. The first-order valence-electron chi connectivity index (χ1n) is 27.1. The van der Waals surface area contributed by atoms with E-state index in [1.165, 1.54) is 154 Å². The summed E-state index contributed by atoms with van der Waals surface area (Å²) in [5.74, 6) is 0.143. The zero-order valence-corrected chi connectivity index (χ0v) is 43.0. The van der Waals surface area contributed by atoms with Crippen molar-refractivity contribution in [2.24, 2.45) is 0 Å². The lowest BCUT2D eigenvalue weighted by Gasteiger charge is -2.23. The van der Waals surface area contributed by atoms with Gasteiger partial charge in [-0.05, 0) is 126 Å². The van der Waals surface area contributed by atoms with Crippen molar-refractivity contribution in [3.63, 3.8) is 0 Å². The van der Waals surface area contributed by atoms with E-state index in [1.54, 1.807) is 0 Å². The third-order valence-electron chi connectivity index (χ3n) is 18.6. The Kier molecular flexibility index (Phi) is 8.29. The van der Waals surface area contributed by atoms with Gasteiger partial charge in [0.15, 0.2) is 0 Å². The van der Waals surface area contributed by atoms with E-state index >= 15 is 0 Å². The van der Waals surface area contributed by atoms with Crippen molar-refractivity contribution < 1.29 is 0 Å². The van der Waals surface area contributed by atoms with Gasteiger partial charge in [-0.2, -0.15) is 0 Å². The largest absolute Gasteiger partial charge is 0.308 e. The normalized spacial score (nSPS) is 15.2. The van der Waals surface area contributed by atoms with Crippen LogP contribution in [0.3, 0.4) is 0 Å². The van der Waals surface area contributed by atoms with Gasteiger partial charge in [0.05, 0.1) is 33.1 Å². The summed E-state index contributed by atoms with van der Waals surface area (Å²) < 4.78 is 5.12. The number of para-hydroxylation sites is 2. The molecule has 0 saturated carbocycles. The third-order valence-corrected chi connectivity index (χ3v) is 18.6. The standard InChI is InChI=1S/C74H52N2/c1-73(2)61-27-13-11-21-49(61)55-37-45(29-33-63(55)73)69(43-17-7-5-8-18-43)47-31-35-65-57(39-47)51-23-15-25-53-59-42-68-60(41-67(59)75(65)71(51)53)54-26-16-24-52-58-40-48(32-36-66(58)76(68)72(52)54)70(44-19-9-6-10-20-44)46-30-34-64-56(38-46)50-22-12-14-28-62(50)74(64,3)4/h5-42,69-70H,1-4H3. The summed E-state index contributed by atoms with van der Waals surface area (Å²) in [6.07, 6.45) is 0. The molecule has 0 aliphatic heterocycles. The number of aromatic nitrogens is 2. The van der Waals surface area contributed by atoms with Crippen LogP contribution < -0.4 is 0 Å². The number of hydrogen-bond donors (Lipinski definition) is 0. The molecule has 11 aromatic carbocycles. The van der Waals surface area contributed by atoms with E-state index in [0.29, 0.717) is 0 Å². The van der Waals surface area contributed by atoms with E-state index in [4.69, 9.17) is 0 Å². The fraction of sp³-hybridized carbons (Fsp3) is 0.108. The van der Waals surface area contributed by atoms with Gasteiger partial charge in [0.1, 0.15) is 0 Å². The molecule has 76 heavy (non-hydrogen) atoms. The van der Waals surface area contributed by atoms with E-state index in [2.05, 4.69) is 267 Å². The number of fused-ring (bicyclic) bond motifs is 18. The Balaban J connectivity index is 0.829. The Hall–Kier alpha value is -8.98. The highest BCUT2D eigenvalue weighted by Gasteiger charge is 2.37. The molecule has 15 aromatic rings. The molecule has 0 saturated heterocycles. The van der Waals surface area contributed by atoms with Crippen molar-refractivity contribution in [1.82, 2.24) is 8.80 Å². The maximum atomic E-state index is 2.56. The number of nitrogens with zero attached hydrogens (tertiary/aromatic N) is 2. The maximum Gasteiger partial charge on any atom is 0.0620 e. The molecule has 2 unspecified atom stereocenters. The minimum atomic E-state index is -0.0352. The van der Waals surface area contributed by atoms with Gasteiger partial charge in [-0.3, -0.25) is 0 Å². The molecule has 17 rings (SSSR count). The SMILES string of the molecule is CC1(C)c2ccccc2-c2cc(C(c3ccccc3)c3ccc4c(c3)c3cccc5c6cc7c(cc6n4c35)c3cccc4c5cc(C(c6ccccc6)c6ccc8c(c6)-c6ccccc6C8(C)C)ccc5n7c43)ccc21. The topological polar surface area (TPSA) is 8.82 Å². The second kappa shape index (κ2) is 14.9.